The summed E-state index contributed by atoms with van der Waals surface area (Å²) in [6.45, 7) is 10.6. The Morgan fingerprint density at radius 2 is 1.66 bits per heavy atom. The number of nitrogens with one attached hydrogen (secondary N) is 1. The molecule has 29 heavy (non-hydrogen) atoms. The van der Waals surface area contributed by atoms with E-state index in [0.717, 1.165) is 18.8 Å². The van der Waals surface area contributed by atoms with Crippen molar-refractivity contribution in [1.29, 1.82) is 0 Å². The van der Waals surface area contributed by atoms with Crippen LogP contribution in [0.4, 0.5) is 11.4 Å². The number of carbonyl (C=O) groups excluding carboxylic acids is 1. The Morgan fingerprint density at radius 1 is 1.03 bits per heavy atom. The van der Waals surface area contributed by atoms with Gasteiger partial charge in [-0.15, -0.1) is 0 Å². The number of nitrogens with zero attached hydrogens (tertiary/aromatic N) is 3. The van der Waals surface area contributed by atoms with Crippen molar-refractivity contribution in [2.75, 3.05) is 23.3 Å². The molecule has 0 atom stereocenters. The SMILES string of the molecule is CCN(CC)c1ccc(NC(=O)c2nn(CC(C)C)c(=O)c3ccccc23)cc1. The Labute approximate surface area is 171 Å². The Morgan fingerprint density at radius 3 is 2.24 bits per heavy atom. The third-order valence-electron chi connectivity index (χ3n) is 4.87. The molecular weight excluding hydrogens is 364 g/mol. The maximum atomic E-state index is 13.0. The lowest BCUT2D eigenvalue weighted by atomic mass is 10.1. The Kier molecular flexibility index (Phi) is 6.32. The van der Waals surface area contributed by atoms with Crippen LogP contribution in [0.5, 0.6) is 0 Å². The van der Waals surface area contributed by atoms with Gasteiger partial charge in [-0.05, 0) is 50.1 Å². The summed E-state index contributed by atoms with van der Waals surface area (Å²) >= 11 is 0. The zero-order chi connectivity index (χ0) is 21.0. The fourth-order valence-electron chi connectivity index (χ4n) is 3.41. The molecule has 0 saturated carbocycles. The first-order valence-electron chi connectivity index (χ1n) is 10.1. The largest absolute Gasteiger partial charge is 0.372 e. The minimum atomic E-state index is -0.325. The number of hydrogen-bond donors (Lipinski definition) is 1. The predicted octanol–water partition coefficient (Wildman–Crippen LogP) is 4.15. The molecule has 0 fully saturated rings. The van der Waals surface area contributed by atoms with Gasteiger partial charge in [0.1, 0.15) is 0 Å². The first kappa shape index (κ1) is 20.6. The molecule has 0 aliphatic heterocycles. The first-order valence-corrected chi connectivity index (χ1v) is 10.1. The average molecular weight is 393 g/mol. The summed E-state index contributed by atoms with van der Waals surface area (Å²) in [5, 5.41) is 8.38. The summed E-state index contributed by atoms with van der Waals surface area (Å²) in [6, 6.07) is 14.9. The summed E-state index contributed by atoms with van der Waals surface area (Å²) in [6.07, 6.45) is 0. The molecule has 3 rings (SSSR count). The van der Waals surface area contributed by atoms with Gasteiger partial charge < -0.3 is 10.2 Å². The second kappa shape index (κ2) is 8.90. The molecule has 1 heterocycles. The van der Waals surface area contributed by atoms with Crippen molar-refractivity contribution >= 4 is 28.1 Å². The van der Waals surface area contributed by atoms with Gasteiger partial charge in [0.15, 0.2) is 5.69 Å². The van der Waals surface area contributed by atoms with Gasteiger partial charge in [-0.3, -0.25) is 9.59 Å². The van der Waals surface area contributed by atoms with Crippen molar-refractivity contribution in [3.8, 4) is 0 Å². The van der Waals surface area contributed by atoms with E-state index in [1.165, 1.54) is 4.68 Å². The van der Waals surface area contributed by atoms with Crippen molar-refractivity contribution in [2.24, 2.45) is 5.92 Å². The zero-order valence-electron chi connectivity index (χ0n) is 17.5. The summed E-state index contributed by atoms with van der Waals surface area (Å²) in [5.41, 5.74) is 1.89. The Bertz CT molecular complexity index is 1050. The molecule has 2 aromatic carbocycles. The molecule has 0 unspecified atom stereocenters. The van der Waals surface area contributed by atoms with Crippen molar-refractivity contribution in [3.05, 3.63) is 64.6 Å². The van der Waals surface area contributed by atoms with Crippen LogP contribution in [0, 0.1) is 5.92 Å². The molecule has 1 amide bonds. The minimum absolute atomic E-state index is 0.172. The van der Waals surface area contributed by atoms with Gasteiger partial charge in [-0.1, -0.05) is 32.0 Å². The molecular formula is C23H28N4O2. The van der Waals surface area contributed by atoms with Crippen molar-refractivity contribution < 1.29 is 4.79 Å². The molecule has 1 aromatic heterocycles. The fraction of sp³-hybridized carbons (Fsp3) is 0.348. The topological polar surface area (TPSA) is 67.2 Å². The molecule has 6 heteroatoms. The molecule has 6 nitrogen and oxygen atoms in total. The molecule has 0 radical (unpaired) electrons. The van der Waals surface area contributed by atoms with Crippen LogP contribution in [0.2, 0.25) is 0 Å². The van der Waals surface area contributed by atoms with Gasteiger partial charge in [0.2, 0.25) is 0 Å². The number of benzene rings is 2. The third-order valence-corrected chi connectivity index (χ3v) is 4.87. The highest BCUT2D eigenvalue weighted by atomic mass is 16.2. The number of fused-ring (bicyclic) bond motifs is 1. The smallest absolute Gasteiger partial charge is 0.276 e. The molecule has 152 valence electrons. The van der Waals surface area contributed by atoms with Gasteiger partial charge in [-0.2, -0.15) is 5.10 Å². The standard InChI is InChI=1S/C23H28N4O2/c1-5-26(6-2)18-13-11-17(12-14-18)24-22(28)21-19-9-7-8-10-20(19)23(29)27(25-21)15-16(3)4/h7-14,16H,5-6,15H2,1-4H3,(H,24,28). The average Bonchev–Trinajstić information content (AvgIpc) is 2.72. The van der Waals surface area contributed by atoms with Crippen LogP contribution in [0.1, 0.15) is 38.2 Å². The van der Waals surface area contributed by atoms with Gasteiger partial charge >= 0.3 is 0 Å². The van der Waals surface area contributed by atoms with E-state index >= 15 is 0 Å². The van der Waals surface area contributed by atoms with Crippen LogP contribution in [-0.4, -0.2) is 28.8 Å². The molecule has 0 spiro atoms. The molecule has 0 saturated heterocycles. The first-order chi connectivity index (χ1) is 13.9. The molecule has 3 aromatic rings. The van der Waals surface area contributed by atoms with Gasteiger partial charge in [-0.25, -0.2) is 4.68 Å². The number of rotatable bonds is 7. The zero-order valence-corrected chi connectivity index (χ0v) is 17.5. The number of amides is 1. The summed E-state index contributed by atoms with van der Waals surface area (Å²) in [7, 11) is 0. The summed E-state index contributed by atoms with van der Waals surface area (Å²) in [4.78, 5) is 28.0. The highest BCUT2D eigenvalue weighted by molar-refractivity contribution is 6.11. The second-order valence-corrected chi connectivity index (χ2v) is 7.45. The van der Waals surface area contributed by atoms with E-state index in [-0.39, 0.29) is 23.1 Å². The van der Waals surface area contributed by atoms with E-state index in [1.54, 1.807) is 18.2 Å². The quantitative estimate of drug-likeness (QED) is 0.656. The highest BCUT2D eigenvalue weighted by Crippen LogP contribution is 2.20. The maximum absolute atomic E-state index is 13.0. The van der Waals surface area contributed by atoms with E-state index in [4.69, 9.17) is 0 Å². The Hall–Kier alpha value is -3.15. The van der Waals surface area contributed by atoms with Crippen LogP contribution in [-0.2, 0) is 6.54 Å². The van der Waals surface area contributed by atoms with Gasteiger partial charge in [0.25, 0.3) is 11.5 Å². The van der Waals surface area contributed by atoms with Gasteiger partial charge in [0, 0.05) is 36.4 Å². The van der Waals surface area contributed by atoms with Crippen molar-refractivity contribution in [2.45, 2.75) is 34.2 Å². The molecule has 0 bridgehead atoms. The highest BCUT2D eigenvalue weighted by Gasteiger charge is 2.17. The summed E-state index contributed by atoms with van der Waals surface area (Å²) < 4.78 is 1.39. The lowest BCUT2D eigenvalue weighted by molar-refractivity contribution is 0.102. The van der Waals surface area contributed by atoms with Crippen LogP contribution < -0.4 is 15.8 Å². The normalized spacial score (nSPS) is 11.1. The van der Waals surface area contributed by atoms with E-state index in [9.17, 15) is 9.59 Å². The molecule has 0 aliphatic carbocycles. The van der Waals surface area contributed by atoms with E-state index < -0.39 is 0 Å². The summed E-state index contributed by atoms with van der Waals surface area (Å²) in [5.74, 6) is -0.0841. The van der Waals surface area contributed by atoms with Crippen LogP contribution in [0.25, 0.3) is 10.8 Å². The lowest BCUT2D eigenvalue weighted by Gasteiger charge is -2.21. The number of aromatic nitrogens is 2. The third kappa shape index (κ3) is 4.47. The van der Waals surface area contributed by atoms with Crippen LogP contribution in [0.3, 0.4) is 0 Å². The van der Waals surface area contributed by atoms with E-state index in [2.05, 4.69) is 29.2 Å². The van der Waals surface area contributed by atoms with E-state index in [0.29, 0.717) is 23.0 Å². The second-order valence-electron chi connectivity index (χ2n) is 7.45. The predicted molar refractivity (Wildman–Crippen MR) is 119 cm³/mol. The number of anilines is 2. The van der Waals surface area contributed by atoms with E-state index in [1.807, 2.05) is 44.2 Å². The van der Waals surface area contributed by atoms with Gasteiger partial charge in [0.05, 0.1) is 5.39 Å². The van der Waals surface area contributed by atoms with Crippen molar-refractivity contribution in [3.63, 3.8) is 0 Å². The molecule has 1 N–H and O–H groups in total. The Balaban J connectivity index is 1.94. The monoisotopic (exact) mass is 392 g/mol. The minimum Gasteiger partial charge on any atom is -0.372 e. The van der Waals surface area contributed by atoms with Crippen LogP contribution >= 0.6 is 0 Å². The number of carbonyl (C=O) groups is 1. The molecule has 0 aliphatic rings. The van der Waals surface area contributed by atoms with Crippen molar-refractivity contribution in [1.82, 2.24) is 9.78 Å². The maximum Gasteiger partial charge on any atom is 0.276 e. The fourth-order valence-corrected chi connectivity index (χ4v) is 3.41. The van der Waals surface area contributed by atoms with Crippen LogP contribution in [0.15, 0.2) is 53.3 Å². The number of hydrogen-bond acceptors (Lipinski definition) is 4. The lowest BCUT2D eigenvalue weighted by Crippen LogP contribution is -2.29.